The summed E-state index contributed by atoms with van der Waals surface area (Å²) < 4.78 is 11.3. The maximum atomic E-state index is 6.43. The third-order valence-corrected chi connectivity index (χ3v) is 3.29. The standard InChI is InChI=1S/C16H19ClO2/c1-4-13-9-10-15(19-13)16(17)12-5-7-14(8-6-12)18-11(2)3/h5-11,16H,4H2,1-3H3. The van der Waals surface area contributed by atoms with Crippen molar-refractivity contribution >= 4 is 11.6 Å². The molecular formula is C16H19ClO2. The number of aryl methyl sites for hydroxylation is 1. The van der Waals surface area contributed by atoms with Gasteiger partial charge in [-0.3, -0.25) is 0 Å². The Morgan fingerprint density at radius 2 is 1.79 bits per heavy atom. The van der Waals surface area contributed by atoms with Gasteiger partial charge >= 0.3 is 0 Å². The first-order valence-corrected chi connectivity index (χ1v) is 7.03. The number of alkyl halides is 1. The van der Waals surface area contributed by atoms with E-state index < -0.39 is 0 Å². The summed E-state index contributed by atoms with van der Waals surface area (Å²) in [5.74, 6) is 2.60. The smallest absolute Gasteiger partial charge is 0.126 e. The molecule has 2 aromatic rings. The summed E-state index contributed by atoms with van der Waals surface area (Å²) in [5.41, 5.74) is 1.01. The Bertz CT molecular complexity index is 514. The molecule has 102 valence electrons. The summed E-state index contributed by atoms with van der Waals surface area (Å²) in [7, 11) is 0. The number of halogens is 1. The van der Waals surface area contributed by atoms with E-state index >= 15 is 0 Å². The maximum absolute atomic E-state index is 6.43. The topological polar surface area (TPSA) is 22.4 Å². The van der Waals surface area contributed by atoms with Crippen LogP contribution in [0.25, 0.3) is 0 Å². The van der Waals surface area contributed by atoms with E-state index in [1.165, 1.54) is 0 Å². The summed E-state index contributed by atoms with van der Waals surface area (Å²) in [6, 6.07) is 11.7. The van der Waals surface area contributed by atoms with E-state index in [1.54, 1.807) is 0 Å². The van der Waals surface area contributed by atoms with Crippen molar-refractivity contribution in [1.29, 1.82) is 0 Å². The minimum atomic E-state index is -0.256. The van der Waals surface area contributed by atoms with Gasteiger partial charge in [0.15, 0.2) is 0 Å². The van der Waals surface area contributed by atoms with Gasteiger partial charge in [-0.2, -0.15) is 0 Å². The first-order valence-electron chi connectivity index (χ1n) is 6.59. The van der Waals surface area contributed by atoms with Gasteiger partial charge in [0.1, 0.15) is 22.6 Å². The average molecular weight is 279 g/mol. The summed E-state index contributed by atoms with van der Waals surface area (Å²) >= 11 is 6.43. The fourth-order valence-electron chi connectivity index (χ4n) is 1.87. The van der Waals surface area contributed by atoms with Gasteiger partial charge in [0.2, 0.25) is 0 Å². The van der Waals surface area contributed by atoms with Gasteiger partial charge in [-0.1, -0.05) is 19.1 Å². The van der Waals surface area contributed by atoms with Crippen LogP contribution in [-0.4, -0.2) is 6.10 Å². The molecule has 0 aliphatic heterocycles. The van der Waals surface area contributed by atoms with Crippen LogP contribution < -0.4 is 4.74 Å². The molecule has 0 saturated carbocycles. The molecule has 0 spiro atoms. The number of benzene rings is 1. The molecule has 0 aliphatic carbocycles. The lowest BCUT2D eigenvalue weighted by Crippen LogP contribution is -2.05. The van der Waals surface area contributed by atoms with Crippen molar-refractivity contribution in [1.82, 2.24) is 0 Å². The van der Waals surface area contributed by atoms with Crippen LogP contribution in [0.3, 0.4) is 0 Å². The van der Waals surface area contributed by atoms with E-state index in [0.29, 0.717) is 0 Å². The van der Waals surface area contributed by atoms with Gasteiger partial charge < -0.3 is 9.15 Å². The Morgan fingerprint density at radius 1 is 1.11 bits per heavy atom. The van der Waals surface area contributed by atoms with E-state index in [2.05, 4.69) is 6.92 Å². The predicted molar refractivity (Wildman–Crippen MR) is 78.0 cm³/mol. The first-order chi connectivity index (χ1) is 9.10. The molecule has 0 fully saturated rings. The van der Waals surface area contributed by atoms with Crippen molar-refractivity contribution in [2.45, 2.75) is 38.7 Å². The number of furan rings is 1. The second-order valence-electron chi connectivity index (χ2n) is 4.76. The van der Waals surface area contributed by atoms with Gasteiger partial charge in [-0.15, -0.1) is 11.6 Å². The Labute approximate surface area is 119 Å². The highest BCUT2D eigenvalue weighted by Gasteiger charge is 2.15. The average Bonchev–Trinajstić information content (AvgIpc) is 2.87. The minimum Gasteiger partial charge on any atom is -0.491 e. The van der Waals surface area contributed by atoms with Gasteiger partial charge in [0.25, 0.3) is 0 Å². The van der Waals surface area contributed by atoms with Crippen LogP contribution in [0, 0.1) is 0 Å². The minimum absolute atomic E-state index is 0.176. The number of hydrogen-bond acceptors (Lipinski definition) is 2. The van der Waals surface area contributed by atoms with Crippen LogP contribution in [0.5, 0.6) is 5.75 Å². The lowest BCUT2D eigenvalue weighted by atomic mass is 10.1. The fraction of sp³-hybridized carbons (Fsp3) is 0.375. The largest absolute Gasteiger partial charge is 0.491 e. The third-order valence-electron chi connectivity index (χ3n) is 2.83. The molecule has 3 heteroatoms. The van der Waals surface area contributed by atoms with Crippen molar-refractivity contribution in [3.63, 3.8) is 0 Å². The van der Waals surface area contributed by atoms with E-state index in [0.717, 1.165) is 29.3 Å². The van der Waals surface area contributed by atoms with Crippen LogP contribution in [0.15, 0.2) is 40.8 Å². The number of ether oxygens (including phenoxy) is 1. The predicted octanol–water partition coefficient (Wildman–Crippen LogP) is 4.96. The van der Waals surface area contributed by atoms with Crippen molar-refractivity contribution in [3.05, 3.63) is 53.5 Å². The molecule has 1 aromatic carbocycles. The normalized spacial score (nSPS) is 12.7. The zero-order chi connectivity index (χ0) is 13.8. The van der Waals surface area contributed by atoms with Crippen molar-refractivity contribution in [3.8, 4) is 5.75 Å². The highest BCUT2D eigenvalue weighted by molar-refractivity contribution is 6.22. The molecule has 1 unspecified atom stereocenters. The summed E-state index contributed by atoms with van der Waals surface area (Å²) in [6.07, 6.45) is 1.06. The summed E-state index contributed by atoms with van der Waals surface area (Å²) in [6.45, 7) is 6.07. The summed E-state index contributed by atoms with van der Waals surface area (Å²) in [4.78, 5) is 0. The lowest BCUT2D eigenvalue weighted by molar-refractivity contribution is 0.242. The quantitative estimate of drug-likeness (QED) is 0.722. The van der Waals surface area contributed by atoms with E-state index in [9.17, 15) is 0 Å². The van der Waals surface area contributed by atoms with Gasteiger partial charge in [0.05, 0.1) is 6.10 Å². The molecule has 1 heterocycles. The number of hydrogen-bond donors (Lipinski definition) is 0. The Kier molecular flexibility index (Phi) is 4.54. The molecule has 2 rings (SSSR count). The van der Waals surface area contributed by atoms with Crippen molar-refractivity contribution in [2.24, 2.45) is 0 Å². The van der Waals surface area contributed by atoms with Crippen LogP contribution in [-0.2, 0) is 6.42 Å². The van der Waals surface area contributed by atoms with E-state index in [4.69, 9.17) is 20.8 Å². The first kappa shape index (κ1) is 14.0. The molecule has 19 heavy (non-hydrogen) atoms. The molecule has 0 radical (unpaired) electrons. The molecular weight excluding hydrogens is 260 g/mol. The summed E-state index contributed by atoms with van der Waals surface area (Å²) in [5, 5.41) is -0.256. The molecule has 0 N–H and O–H groups in total. The molecule has 0 saturated heterocycles. The van der Waals surface area contributed by atoms with Crippen LogP contribution in [0.2, 0.25) is 0 Å². The Morgan fingerprint density at radius 3 is 2.32 bits per heavy atom. The SMILES string of the molecule is CCc1ccc(C(Cl)c2ccc(OC(C)C)cc2)o1. The molecule has 0 bridgehead atoms. The third kappa shape index (κ3) is 3.54. The van der Waals surface area contributed by atoms with Gasteiger partial charge in [-0.05, 0) is 43.7 Å². The molecule has 2 nitrogen and oxygen atoms in total. The van der Waals surface area contributed by atoms with E-state index in [-0.39, 0.29) is 11.5 Å². The highest BCUT2D eigenvalue weighted by atomic mass is 35.5. The Hall–Kier alpha value is -1.41. The zero-order valence-electron chi connectivity index (χ0n) is 11.5. The van der Waals surface area contributed by atoms with Crippen LogP contribution in [0.4, 0.5) is 0 Å². The van der Waals surface area contributed by atoms with Crippen molar-refractivity contribution < 1.29 is 9.15 Å². The number of rotatable bonds is 5. The highest BCUT2D eigenvalue weighted by Crippen LogP contribution is 2.31. The maximum Gasteiger partial charge on any atom is 0.126 e. The lowest BCUT2D eigenvalue weighted by Gasteiger charge is -2.11. The molecule has 1 atom stereocenters. The van der Waals surface area contributed by atoms with Crippen molar-refractivity contribution in [2.75, 3.05) is 0 Å². The monoisotopic (exact) mass is 278 g/mol. The van der Waals surface area contributed by atoms with Crippen LogP contribution in [0.1, 0.15) is 43.2 Å². The van der Waals surface area contributed by atoms with E-state index in [1.807, 2.05) is 50.2 Å². The zero-order valence-corrected chi connectivity index (χ0v) is 12.3. The van der Waals surface area contributed by atoms with Crippen LogP contribution >= 0.6 is 11.6 Å². The second-order valence-corrected chi connectivity index (χ2v) is 5.19. The molecule has 0 amide bonds. The second kappa shape index (κ2) is 6.16. The fourth-order valence-corrected chi connectivity index (χ4v) is 2.14. The molecule has 0 aliphatic rings. The Balaban J connectivity index is 2.12. The molecule has 1 aromatic heterocycles. The van der Waals surface area contributed by atoms with Gasteiger partial charge in [-0.25, -0.2) is 0 Å². The van der Waals surface area contributed by atoms with Gasteiger partial charge in [0, 0.05) is 6.42 Å².